The Morgan fingerprint density at radius 1 is 1.50 bits per heavy atom. The van der Waals surface area contributed by atoms with Crippen LogP contribution >= 0.6 is 15.9 Å². The number of anilines is 1. The number of carbonyl (C=O) groups is 1. The maximum atomic E-state index is 11.1. The van der Waals surface area contributed by atoms with E-state index in [4.69, 9.17) is 10.2 Å². The molecule has 0 aromatic heterocycles. The van der Waals surface area contributed by atoms with Crippen LogP contribution in [0.2, 0.25) is 0 Å². The van der Waals surface area contributed by atoms with Gasteiger partial charge in [-0.25, -0.2) is 18.4 Å². The molecule has 0 heterocycles. The van der Waals surface area contributed by atoms with Gasteiger partial charge < -0.3 is 10.4 Å². The first-order chi connectivity index (χ1) is 8.21. The quantitative estimate of drug-likeness (QED) is 0.752. The lowest BCUT2D eigenvalue weighted by Gasteiger charge is -2.10. The van der Waals surface area contributed by atoms with Crippen molar-refractivity contribution in [3.63, 3.8) is 0 Å². The van der Waals surface area contributed by atoms with Gasteiger partial charge in [0.05, 0.1) is 10.5 Å². The number of nitrogens with one attached hydrogen (secondary N) is 1. The minimum Gasteiger partial charge on any atom is -0.478 e. The van der Waals surface area contributed by atoms with Crippen molar-refractivity contribution in [2.45, 2.75) is 4.90 Å². The molecule has 8 heteroatoms. The Balaban J connectivity index is 3.21. The van der Waals surface area contributed by atoms with E-state index in [1.54, 1.807) is 0 Å². The summed E-state index contributed by atoms with van der Waals surface area (Å²) < 4.78 is 22.9. The molecule has 1 aromatic carbocycles. The summed E-state index contributed by atoms with van der Waals surface area (Å²) in [6.45, 7) is 3.91. The highest BCUT2D eigenvalue weighted by molar-refractivity contribution is 9.11. The zero-order valence-corrected chi connectivity index (χ0v) is 11.6. The number of rotatable bonds is 5. The van der Waals surface area contributed by atoms with E-state index in [9.17, 15) is 13.2 Å². The van der Waals surface area contributed by atoms with E-state index >= 15 is 0 Å². The van der Waals surface area contributed by atoms with Crippen LogP contribution in [0.1, 0.15) is 10.4 Å². The van der Waals surface area contributed by atoms with Gasteiger partial charge in [-0.2, -0.15) is 0 Å². The van der Waals surface area contributed by atoms with Crippen LogP contribution in [0.25, 0.3) is 0 Å². The third-order valence-corrected chi connectivity index (χ3v) is 3.21. The fourth-order valence-electron chi connectivity index (χ4n) is 1.22. The number of hydrogen-bond donors (Lipinski definition) is 3. The number of carboxylic acids is 1. The highest BCUT2D eigenvalue weighted by atomic mass is 79.9. The van der Waals surface area contributed by atoms with E-state index < -0.39 is 16.0 Å². The topological polar surface area (TPSA) is 109 Å². The summed E-state index contributed by atoms with van der Waals surface area (Å²) in [4.78, 5) is 10.8. The lowest BCUT2D eigenvalue weighted by molar-refractivity contribution is 0.0697. The van der Waals surface area contributed by atoms with Crippen molar-refractivity contribution < 1.29 is 18.3 Å². The SMILES string of the molecule is C=C(Br)CNc1ccc(S(N)(=O)=O)cc1C(=O)O. The van der Waals surface area contributed by atoms with Gasteiger partial charge in [0, 0.05) is 16.7 Å². The van der Waals surface area contributed by atoms with E-state index in [2.05, 4.69) is 27.8 Å². The van der Waals surface area contributed by atoms with Crippen LogP contribution in [0.15, 0.2) is 34.2 Å². The highest BCUT2D eigenvalue weighted by Crippen LogP contribution is 2.20. The molecular formula is C10H11BrN2O4S. The molecule has 0 aliphatic carbocycles. The summed E-state index contributed by atoms with van der Waals surface area (Å²) in [6.07, 6.45) is 0. The molecule has 0 bridgehead atoms. The second-order valence-electron chi connectivity index (χ2n) is 3.43. The van der Waals surface area contributed by atoms with Crippen LogP contribution in [-0.2, 0) is 10.0 Å². The zero-order chi connectivity index (χ0) is 13.9. The van der Waals surface area contributed by atoms with Crippen molar-refractivity contribution in [3.05, 3.63) is 34.8 Å². The zero-order valence-electron chi connectivity index (χ0n) is 9.18. The summed E-state index contributed by atoms with van der Waals surface area (Å²) in [7, 11) is -3.92. The van der Waals surface area contributed by atoms with Crippen LogP contribution in [0, 0.1) is 0 Å². The van der Waals surface area contributed by atoms with Crippen molar-refractivity contribution in [1.82, 2.24) is 0 Å². The van der Waals surface area contributed by atoms with Gasteiger partial charge in [0.25, 0.3) is 0 Å². The molecule has 0 saturated carbocycles. The first-order valence-electron chi connectivity index (χ1n) is 4.69. The number of halogens is 1. The molecular weight excluding hydrogens is 324 g/mol. The number of benzene rings is 1. The summed E-state index contributed by atoms with van der Waals surface area (Å²) in [6, 6.07) is 3.59. The molecule has 0 fully saturated rings. The molecule has 0 atom stereocenters. The molecule has 0 aliphatic heterocycles. The Labute approximate surface area is 113 Å². The number of nitrogens with two attached hydrogens (primary N) is 1. The number of hydrogen-bond acceptors (Lipinski definition) is 4. The molecule has 0 amide bonds. The van der Waals surface area contributed by atoms with Gasteiger partial charge in [-0.3, -0.25) is 0 Å². The van der Waals surface area contributed by atoms with E-state index in [-0.39, 0.29) is 16.1 Å². The molecule has 0 unspecified atom stereocenters. The number of primary sulfonamides is 1. The Morgan fingerprint density at radius 2 is 2.11 bits per heavy atom. The average Bonchev–Trinajstić information content (AvgIpc) is 2.24. The summed E-state index contributed by atoms with van der Waals surface area (Å²) in [5, 5.41) is 16.8. The minimum atomic E-state index is -3.92. The van der Waals surface area contributed by atoms with Crippen LogP contribution in [0.4, 0.5) is 5.69 Å². The third kappa shape index (κ3) is 3.83. The molecule has 18 heavy (non-hydrogen) atoms. The molecule has 1 rings (SSSR count). The van der Waals surface area contributed by atoms with Crippen molar-refractivity contribution in [2.24, 2.45) is 5.14 Å². The number of carboxylic acid groups (broad SMARTS) is 1. The van der Waals surface area contributed by atoms with Crippen molar-refractivity contribution in [2.75, 3.05) is 11.9 Å². The Hall–Kier alpha value is -1.38. The maximum absolute atomic E-state index is 11.1. The van der Waals surface area contributed by atoms with Crippen molar-refractivity contribution in [1.29, 1.82) is 0 Å². The molecule has 6 nitrogen and oxygen atoms in total. The third-order valence-electron chi connectivity index (χ3n) is 2.02. The smallest absolute Gasteiger partial charge is 0.337 e. The summed E-state index contributed by atoms with van der Waals surface area (Å²) in [5.41, 5.74) is 0.116. The largest absolute Gasteiger partial charge is 0.478 e. The Kier molecular flexibility index (Phi) is 4.49. The van der Waals surface area contributed by atoms with E-state index in [1.165, 1.54) is 12.1 Å². The number of aromatic carboxylic acids is 1. The van der Waals surface area contributed by atoms with Crippen molar-refractivity contribution in [3.8, 4) is 0 Å². The molecule has 1 aromatic rings. The first-order valence-corrected chi connectivity index (χ1v) is 7.03. The minimum absolute atomic E-state index is 0.171. The second-order valence-corrected chi connectivity index (χ2v) is 6.11. The van der Waals surface area contributed by atoms with E-state index in [0.717, 1.165) is 6.07 Å². The molecule has 98 valence electrons. The van der Waals surface area contributed by atoms with Gasteiger partial charge >= 0.3 is 5.97 Å². The fraction of sp³-hybridized carbons (Fsp3) is 0.100. The Morgan fingerprint density at radius 3 is 2.56 bits per heavy atom. The predicted octanol–water partition coefficient (Wildman–Crippen LogP) is 1.35. The van der Waals surface area contributed by atoms with Gasteiger partial charge in [-0.1, -0.05) is 22.5 Å². The monoisotopic (exact) mass is 334 g/mol. The van der Waals surface area contributed by atoms with Gasteiger partial charge in [0.1, 0.15) is 0 Å². The molecule has 0 radical (unpaired) electrons. The van der Waals surface area contributed by atoms with E-state index in [0.29, 0.717) is 11.0 Å². The summed E-state index contributed by atoms with van der Waals surface area (Å²) in [5.74, 6) is -1.25. The first kappa shape index (κ1) is 14.7. The average molecular weight is 335 g/mol. The molecule has 4 N–H and O–H groups in total. The second kappa shape index (κ2) is 5.51. The predicted molar refractivity (Wildman–Crippen MR) is 71.3 cm³/mol. The lowest BCUT2D eigenvalue weighted by atomic mass is 10.2. The van der Waals surface area contributed by atoms with Crippen LogP contribution in [0.3, 0.4) is 0 Å². The maximum Gasteiger partial charge on any atom is 0.337 e. The molecule has 0 spiro atoms. The highest BCUT2D eigenvalue weighted by Gasteiger charge is 2.15. The fourth-order valence-corrected chi connectivity index (χ4v) is 1.90. The van der Waals surface area contributed by atoms with Crippen LogP contribution < -0.4 is 10.5 Å². The molecule has 0 aliphatic rings. The standard InChI is InChI=1S/C10H11BrN2O4S/c1-6(11)5-13-9-3-2-7(18(12,16)17)4-8(9)10(14)15/h2-4,13H,1,5H2,(H,14,15)(H2,12,16,17). The van der Waals surface area contributed by atoms with Gasteiger partial charge in [-0.15, -0.1) is 0 Å². The van der Waals surface area contributed by atoms with Crippen LogP contribution in [0.5, 0.6) is 0 Å². The lowest BCUT2D eigenvalue weighted by Crippen LogP contribution is -2.14. The Bertz CT molecular complexity index is 598. The normalized spacial score (nSPS) is 11.0. The summed E-state index contributed by atoms with van der Waals surface area (Å²) >= 11 is 3.12. The number of sulfonamides is 1. The van der Waals surface area contributed by atoms with Gasteiger partial charge in [0.15, 0.2) is 0 Å². The van der Waals surface area contributed by atoms with Gasteiger partial charge in [0.2, 0.25) is 10.0 Å². The molecule has 0 saturated heterocycles. The van der Waals surface area contributed by atoms with E-state index in [1.807, 2.05) is 0 Å². The van der Waals surface area contributed by atoms with Crippen molar-refractivity contribution >= 4 is 37.6 Å². The van der Waals surface area contributed by atoms with Gasteiger partial charge in [-0.05, 0) is 18.2 Å². The van der Waals surface area contributed by atoms with Crippen LogP contribution in [-0.4, -0.2) is 26.0 Å².